The monoisotopic (exact) mass is 626 g/mol. The number of carbonyl (C=O) groups excluding carboxylic acids is 2. The third kappa shape index (κ3) is 9.25. The van der Waals surface area contributed by atoms with Crippen molar-refractivity contribution in [3.63, 3.8) is 0 Å². The lowest BCUT2D eigenvalue weighted by Crippen LogP contribution is -2.56. The van der Waals surface area contributed by atoms with Gasteiger partial charge in [-0.2, -0.15) is 0 Å². The van der Waals surface area contributed by atoms with E-state index in [4.69, 9.17) is 21.1 Å². The molecule has 0 radical (unpaired) electrons. The molecule has 4 aliphatic heterocycles. The minimum atomic E-state index is -0.596. The number of likely N-dealkylation sites (tertiary alicyclic amines) is 2. The predicted molar refractivity (Wildman–Crippen MR) is 166 cm³/mol. The lowest BCUT2D eigenvalue weighted by atomic mass is 9.73. The Morgan fingerprint density at radius 2 is 1.93 bits per heavy atom. The van der Waals surface area contributed by atoms with Gasteiger partial charge >= 0.3 is 0 Å². The minimum absolute atomic E-state index is 0.0182. The standard InChI is InChI=1S/C31H55ClN6O5/c1-20(2)31(41)38-11-6-23(7-12-38)36-28-13-21(5-9-34-28)30(40)35-14-24(39)17-37-10-8-26-22(16-37)3-4-27(29(26)32)42-18-25-15-33-19-43-25/h20-29,33-34,36,39H,3-19H2,1-2H3,(H,35,40)/t21?,22?,24-,25?,26?,27?,28?,29?/m0/s1. The molecule has 1 aliphatic carbocycles. The van der Waals surface area contributed by atoms with Crippen molar-refractivity contribution in [2.45, 2.75) is 94.7 Å². The summed E-state index contributed by atoms with van der Waals surface area (Å²) >= 11 is 6.93. The van der Waals surface area contributed by atoms with Gasteiger partial charge in [0.05, 0.1) is 43.2 Å². The molecule has 246 valence electrons. The van der Waals surface area contributed by atoms with Crippen molar-refractivity contribution >= 4 is 23.4 Å². The minimum Gasteiger partial charge on any atom is -0.390 e. The fourth-order valence-corrected chi connectivity index (χ4v) is 8.25. The predicted octanol–water partition coefficient (Wildman–Crippen LogP) is 0.696. The molecule has 7 unspecified atom stereocenters. The van der Waals surface area contributed by atoms with E-state index in [1.165, 1.54) is 0 Å². The van der Waals surface area contributed by atoms with Crippen LogP contribution in [0.3, 0.4) is 0 Å². The number of nitrogens with zero attached hydrogens (tertiary/aromatic N) is 2. The quantitative estimate of drug-likeness (QED) is 0.211. The van der Waals surface area contributed by atoms with E-state index >= 15 is 0 Å². The number of hydrogen-bond donors (Lipinski definition) is 5. The van der Waals surface area contributed by atoms with Crippen molar-refractivity contribution in [2.24, 2.45) is 23.7 Å². The van der Waals surface area contributed by atoms with E-state index in [0.29, 0.717) is 37.8 Å². The average molecular weight is 627 g/mol. The molecule has 11 nitrogen and oxygen atoms in total. The number of alkyl halides is 1. The van der Waals surface area contributed by atoms with E-state index in [0.717, 1.165) is 84.2 Å². The van der Waals surface area contributed by atoms with Crippen molar-refractivity contribution in [1.29, 1.82) is 0 Å². The Balaban J connectivity index is 0.971. The first kappa shape index (κ1) is 33.3. The van der Waals surface area contributed by atoms with Crippen molar-refractivity contribution in [3.8, 4) is 0 Å². The molecule has 12 heteroatoms. The first-order chi connectivity index (χ1) is 20.8. The maximum atomic E-state index is 13.0. The fraction of sp³-hybridized carbons (Fsp3) is 0.935. The number of hydrogen-bond acceptors (Lipinski definition) is 9. The van der Waals surface area contributed by atoms with E-state index in [1.807, 2.05) is 18.7 Å². The Morgan fingerprint density at radius 3 is 2.67 bits per heavy atom. The van der Waals surface area contributed by atoms with Crippen molar-refractivity contribution in [1.82, 2.24) is 31.1 Å². The number of halogens is 1. The van der Waals surface area contributed by atoms with Gasteiger partial charge in [0.1, 0.15) is 0 Å². The molecule has 5 N–H and O–H groups in total. The molecule has 0 aromatic heterocycles. The van der Waals surface area contributed by atoms with Crippen molar-refractivity contribution in [2.75, 3.05) is 65.7 Å². The zero-order chi connectivity index (χ0) is 30.3. The second-order valence-corrected chi connectivity index (χ2v) is 14.3. The molecule has 1 saturated carbocycles. The molecule has 5 aliphatic rings. The SMILES string of the molecule is CC(C)C(=O)N1CCC(NC2CC(C(=O)NC[C@H](O)CN3CCC4C(CCC(OCC5CNCO5)C4Cl)C3)CCN2)CC1. The third-order valence-electron chi connectivity index (χ3n) is 10.2. The zero-order valence-corrected chi connectivity index (χ0v) is 26.9. The summed E-state index contributed by atoms with van der Waals surface area (Å²) in [7, 11) is 0. The molecule has 43 heavy (non-hydrogen) atoms. The summed E-state index contributed by atoms with van der Waals surface area (Å²) in [4.78, 5) is 29.6. The van der Waals surface area contributed by atoms with Crippen LogP contribution in [-0.2, 0) is 19.1 Å². The number of aliphatic hydroxyl groups excluding tert-OH is 1. The molecule has 4 saturated heterocycles. The van der Waals surface area contributed by atoms with Gasteiger partial charge in [-0.25, -0.2) is 0 Å². The average Bonchev–Trinajstić information content (AvgIpc) is 3.53. The number of carbonyl (C=O) groups is 2. The van der Waals surface area contributed by atoms with E-state index in [9.17, 15) is 14.7 Å². The van der Waals surface area contributed by atoms with Crippen LogP contribution in [0, 0.1) is 23.7 Å². The lowest BCUT2D eigenvalue weighted by molar-refractivity contribution is -0.135. The summed E-state index contributed by atoms with van der Waals surface area (Å²) in [6.45, 7) is 11.0. The first-order valence-corrected chi connectivity index (χ1v) is 17.2. The number of rotatable bonds is 11. The lowest BCUT2D eigenvalue weighted by Gasteiger charge is -2.46. The number of amides is 2. The topological polar surface area (TPSA) is 127 Å². The number of nitrogens with one attached hydrogen (secondary N) is 4. The number of aliphatic hydroxyl groups is 1. The van der Waals surface area contributed by atoms with E-state index in [1.54, 1.807) is 0 Å². The van der Waals surface area contributed by atoms with Gasteiger partial charge in [0.15, 0.2) is 0 Å². The Kier molecular flexibility index (Phi) is 12.4. The van der Waals surface area contributed by atoms with E-state index < -0.39 is 6.10 Å². The summed E-state index contributed by atoms with van der Waals surface area (Å²) in [5.74, 6) is 1.19. The smallest absolute Gasteiger partial charge is 0.225 e. The van der Waals surface area contributed by atoms with Crippen LogP contribution in [0.1, 0.15) is 58.8 Å². The van der Waals surface area contributed by atoms with Crippen LogP contribution in [0.15, 0.2) is 0 Å². The summed E-state index contributed by atoms with van der Waals surface area (Å²) in [5, 5.41) is 24.3. The normalized spacial score (nSPS) is 35.1. The van der Waals surface area contributed by atoms with Gasteiger partial charge in [-0.15, -0.1) is 11.6 Å². The Bertz CT molecular complexity index is 902. The maximum absolute atomic E-state index is 13.0. The number of ether oxygens (including phenoxy) is 2. The van der Waals surface area contributed by atoms with Crippen LogP contribution in [-0.4, -0.2) is 128 Å². The van der Waals surface area contributed by atoms with Gasteiger partial charge in [0.2, 0.25) is 11.8 Å². The van der Waals surface area contributed by atoms with Crippen LogP contribution in [0.4, 0.5) is 0 Å². The highest BCUT2D eigenvalue weighted by Gasteiger charge is 2.42. The highest BCUT2D eigenvalue weighted by atomic mass is 35.5. The molecule has 0 bridgehead atoms. The summed E-state index contributed by atoms with van der Waals surface area (Å²) in [6, 6.07) is 0.349. The third-order valence-corrected chi connectivity index (χ3v) is 10.8. The Morgan fingerprint density at radius 1 is 1.12 bits per heavy atom. The Hall–Kier alpha value is -1.05. The highest BCUT2D eigenvalue weighted by molar-refractivity contribution is 6.21. The molecule has 4 heterocycles. The molecular formula is C31H55ClN6O5. The second-order valence-electron chi connectivity index (χ2n) is 13.8. The van der Waals surface area contributed by atoms with Crippen molar-refractivity contribution in [3.05, 3.63) is 0 Å². The van der Waals surface area contributed by atoms with Gasteiger partial charge in [0, 0.05) is 57.1 Å². The van der Waals surface area contributed by atoms with Gasteiger partial charge < -0.3 is 35.0 Å². The first-order valence-electron chi connectivity index (χ1n) is 16.8. The van der Waals surface area contributed by atoms with Crippen LogP contribution in [0.25, 0.3) is 0 Å². The Labute approximate surface area is 262 Å². The molecule has 0 aromatic carbocycles. The van der Waals surface area contributed by atoms with Gasteiger partial charge in [-0.3, -0.25) is 20.2 Å². The molecule has 5 fully saturated rings. The molecule has 2 amide bonds. The number of fused-ring (bicyclic) bond motifs is 1. The number of piperidine rings is 3. The summed E-state index contributed by atoms with van der Waals surface area (Å²) in [6.07, 6.45) is 6.16. The molecule has 0 aromatic rings. The zero-order valence-electron chi connectivity index (χ0n) is 26.1. The number of β-amino-alcohol motifs (C(OH)–C–C–N with tert-alkyl or cyclic N) is 1. The van der Waals surface area contributed by atoms with Crippen LogP contribution in [0.5, 0.6) is 0 Å². The second kappa shape index (κ2) is 16.0. The van der Waals surface area contributed by atoms with Crippen LogP contribution < -0.4 is 21.3 Å². The molecule has 0 spiro atoms. The summed E-state index contributed by atoms with van der Waals surface area (Å²) in [5.41, 5.74) is 0. The molecule has 5 rings (SSSR count). The van der Waals surface area contributed by atoms with Crippen LogP contribution in [0.2, 0.25) is 0 Å². The van der Waals surface area contributed by atoms with E-state index in [2.05, 4.69) is 26.2 Å². The van der Waals surface area contributed by atoms with Crippen LogP contribution >= 0.6 is 11.6 Å². The maximum Gasteiger partial charge on any atom is 0.225 e. The van der Waals surface area contributed by atoms with Gasteiger partial charge in [-0.05, 0) is 69.9 Å². The fourth-order valence-electron chi connectivity index (χ4n) is 7.72. The van der Waals surface area contributed by atoms with Crippen molar-refractivity contribution < 1.29 is 24.2 Å². The van der Waals surface area contributed by atoms with Gasteiger partial charge in [-0.1, -0.05) is 13.8 Å². The molecular weight excluding hydrogens is 572 g/mol. The van der Waals surface area contributed by atoms with Gasteiger partial charge in [0.25, 0.3) is 0 Å². The van der Waals surface area contributed by atoms with E-state index in [-0.39, 0.29) is 53.9 Å². The molecule has 8 atom stereocenters. The highest BCUT2D eigenvalue weighted by Crippen LogP contribution is 2.40. The largest absolute Gasteiger partial charge is 0.390 e. The summed E-state index contributed by atoms with van der Waals surface area (Å²) < 4.78 is 11.8.